The van der Waals surface area contributed by atoms with Gasteiger partial charge in [-0.15, -0.1) is 5.10 Å². The Morgan fingerprint density at radius 3 is 2.75 bits per heavy atom. The third-order valence-electron chi connectivity index (χ3n) is 3.07. The van der Waals surface area contributed by atoms with E-state index in [1.54, 1.807) is 0 Å². The smallest absolute Gasteiger partial charge is 0.319 e. The third kappa shape index (κ3) is 4.24. The minimum Gasteiger partial charge on any atom is -0.481 e. The van der Waals surface area contributed by atoms with E-state index in [0.717, 1.165) is 6.07 Å². The maximum atomic E-state index is 14.3. The van der Waals surface area contributed by atoms with Crippen LogP contribution >= 0.6 is 0 Å². The van der Waals surface area contributed by atoms with Gasteiger partial charge in [0.15, 0.2) is 5.82 Å². The minimum atomic E-state index is -1.02. The number of anilines is 1. The number of urea groups is 1. The highest BCUT2D eigenvalue weighted by Crippen LogP contribution is 2.24. The molecule has 2 amide bonds. The zero-order chi connectivity index (χ0) is 17.7. The molecule has 2 aromatic rings. The molecule has 1 heterocycles. The van der Waals surface area contributed by atoms with Crippen LogP contribution in [0.5, 0.6) is 0 Å². The highest BCUT2D eigenvalue weighted by atomic mass is 19.1. The summed E-state index contributed by atoms with van der Waals surface area (Å²) in [4.78, 5) is 22.0. The second kappa shape index (κ2) is 7.49. The molecule has 1 aromatic carbocycles. The van der Waals surface area contributed by atoms with Crippen molar-refractivity contribution in [2.24, 2.45) is 0 Å². The fraction of sp³-hybridized carbons (Fsp3) is 0.357. The molecule has 128 valence electrons. The molecular weight excluding hydrogens is 319 g/mol. The van der Waals surface area contributed by atoms with Crippen LogP contribution in [0.15, 0.2) is 18.2 Å². The fourth-order valence-corrected chi connectivity index (χ4v) is 1.95. The van der Waals surface area contributed by atoms with Crippen molar-refractivity contribution in [2.75, 3.05) is 11.9 Å². The standard InChI is InChI=1S/C14H17FN6O3/c1-8(2)21-13(18-19-20-21)10-4-3-9(7-11(10)15)17-14(24)16-6-5-12(22)23/h3-4,7-8H,5-6H2,1-2H3,(H,22,23)(H2,16,17,24). The predicted molar refractivity (Wildman–Crippen MR) is 82.9 cm³/mol. The van der Waals surface area contributed by atoms with Crippen LogP contribution in [-0.4, -0.2) is 43.9 Å². The Morgan fingerprint density at radius 1 is 1.38 bits per heavy atom. The summed E-state index contributed by atoms with van der Waals surface area (Å²) in [6.45, 7) is 3.72. The normalized spacial score (nSPS) is 10.7. The quantitative estimate of drug-likeness (QED) is 0.737. The monoisotopic (exact) mass is 336 g/mol. The highest BCUT2D eigenvalue weighted by Gasteiger charge is 2.16. The minimum absolute atomic E-state index is 0.0229. The van der Waals surface area contributed by atoms with E-state index >= 15 is 0 Å². The molecule has 0 saturated heterocycles. The zero-order valence-corrected chi connectivity index (χ0v) is 13.2. The van der Waals surface area contributed by atoms with Crippen LogP contribution in [0.4, 0.5) is 14.9 Å². The summed E-state index contributed by atoms with van der Waals surface area (Å²) in [6.07, 6.45) is -0.196. The largest absolute Gasteiger partial charge is 0.481 e. The SMILES string of the molecule is CC(C)n1nnnc1-c1ccc(NC(=O)NCCC(=O)O)cc1F. The number of aromatic nitrogens is 4. The maximum Gasteiger partial charge on any atom is 0.319 e. The van der Waals surface area contributed by atoms with Gasteiger partial charge in [0.1, 0.15) is 5.82 Å². The summed E-state index contributed by atoms with van der Waals surface area (Å²) >= 11 is 0. The number of carbonyl (C=O) groups is 2. The van der Waals surface area contributed by atoms with Crippen molar-refractivity contribution in [3.05, 3.63) is 24.0 Å². The van der Waals surface area contributed by atoms with Crippen molar-refractivity contribution >= 4 is 17.7 Å². The fourth-order valence-electron chi connectivity index (χ4n) is 1.95. The van der Waals surface area contributed by atoms with Gasteiger partial charge in [0, 0.05) is 12.2 Å². The van der Waals surface area contributed by atoms with E-state index in [2.05, 4.69) is 26.2 Å². The van der Waals surface area contributed by atoms with E-state index in [4.69, 9.17) is 5.11 Å². The summed E-state index contributed by atoms with van der Waals surface area (Å²) in [7, 11) is 0. The van der Waals surface area contributed by atoms with Crippen LogP contribution < -0.4 is 10.6 Å². The molecule has 1 aromatic heterocycles. The van der Waals surface area contributed by atoms with Gasteiger partial charge in [-0.2, -0.15) is 0 Å². The summed E-state index contributed by atoms with van der Waals surface area (Å²) in [5.74, 6) is -1.32. The lowest BCUT2D eigenvalue weighted by atomic mass is 10.1. The van der Waals surface area contributed by atoms with Crippen LogP contribution in [0.25, 0.3) is 11.4 Å². The first-order valence-electron chi connectivity index (χ1n) is 7.23. The second-order valence-electron chi connectivity index (χ2n) is 5.26. The highest BCUT2D eigenvalue weighted by molar-refractivity contribution is 5.89. The van der Waals surface area contributed by atoms with Gasteiger partial charge in [0.05, 0.1) is 18.0 Å². The Balaban J connectivity index is 2.08. The molecule has 0 radical (unpaired) electrons. The maximum absolute atomic E-state index is 14.3. The van der Waals surface area contributed by atoms with Gasteiger partial charge in [-0.1, -0.05) is 0 Å². The average Bonchev–Trinajstić information content (AvgIpc) is 2.96. The van der Waals surface area contributed by atoms with Gasteiger partial charge in [0.25, 0.3) is 0 Å². The molecule has 3 N–H and O–H groups in total. The number of tetrazole rings is 1. The predicted octanol–water partition coefficient (Wildman–Crippen LogP) is 1.66. The summed E-state index contributed by atoms with van der Waals surface area (Å²) < 4.78 is 15.8. The number of carboxylic acids is 1. The van der Waals surface area contributed by atoms with Crippen LogP contribution in [0.3, 0.4) is 0 Å². The number of halogens is 1. The third-order valence-corrected chi connectivity index (χ3v) is 3.07. The Kier molecular flexibility index (Phi) is 5.40. The lowest BCUT2D eigenvalue weighted by molar-refractivity contribution is -0.136. The molecule has 0 aliphatic carbocycles. The molecule has 0 fully saturated rings. The molecule has 9 nitrogen and oxygen atoms in total. The Bertz CT molecular complexity index is 746. The van der Waals surface area contributed by atoms with Crippen LogP contribution in [-0.2, 0) is 4.79 Å². The Hall–Kier alpha value is -3.04. The lowest BCUT2D eigenvalue weighted by Crippen LogP contribution is -2.30. The number of carbonyl (C=O) groups excluding carboxylic acids is 1. The number of hydrogen-bond donors (Lipinski definition) is 3. The van der Waals surface area contributed by atoms with E-state index in [0.29, 0.717) is 5.82 Å². The molecule has 24 heavy (non-hydrogen) atoms. The number of nitrogens with zero attached hydrogens (tertiary/aromatic N) is 4. The van der Waals surface area contributed by atoms with Crippen molar-refractivity contribution in [1.29, 1.82) is 0 Å². The van der Waals surface area contributed by atoms with E-state index in [9.17, 15) is 14.0 Å². The number of rotatable bonds is 6. The van der Waals surface area contributed by atoms with Gasteiger partial charge in [-0.25, -0.2) is 13.9 Å². The van der Waals surface area contributed by atoms with Gasteiger partial charge >= 0.3 is 12.0 Å². The molecule has 0 saturated carbocycles. The topological polar surface area (TPSA) is 122 Å². The number of amides is 2. The number of benzene rings is 1. The van der Waals surface area contributed by atoms with E-state index in [-0.39, 0.29) is 30.3 Å². The lowest BCUT2D eigenvalue weighted by Gasteiger charge is -2.10. The molecule has 0 bridgehead atoms. The molecule has 2 rings (SSSR count). The van der Waals surface area contributed by atoms with Crippen molar-refractivity contribution in [1.82, 2.24) is 25.5 Å². The molecule has 10 heteroatoms. The van der Waals surface area contributed by atoms with Gasteiger partial charge in [0.2, 0.25) is 0 Å². The molecular formula is C14H17FN6O3. The van der Waals surface area contributed by atoms with Gasteiger partial charge in [-0.05, 0) is 42.5 Å². The number of carboxylic acid groups (broad SMARTS) is 1. The summed E-state index contributed by atoms with van der Waals surface area (Å²) in [5.41, 5.74) is 0.443. The van der Waals surface area contributed by atoms with E-state index in [1.807, 2.05) is 13.8 Å². The van der Waals surface area contributed by atoms with Crippen LogP contribution in [0.2, 0.25) is 0 Å². The van der Waals surface area contributed by atoms with E-state index in [1.165, 1.54) is 16.8 Å². The van der Waals surface area contributed by atoms with E-state index < -0.39 is 17.8 Å². The Morgan fingerprint density at radius 2 is 2.12 bits per heavy atom. The van der Waals surface area contributed by atoms with Crippen LogP contribution in [0.1, 0.15) is 26.3 Å². The summed E-state index contributed by atoms with van der Waals surface area (Å²) in [6, 6.07) is 3.47. The van der Waals surface area contributed by atoms with Gasteiger partial charge in [-0.3, -0.25) is 4.79 Å². The van der Waals surface area contributed by atoms with Crippen molar-refractivity contribution in [2.45, 2.75) is 26.3 Å². The molecule has 0 atom stereocenters. The molecule has 0 unspecified atom stereocenters. The first-order valence-corrected chi connectivity index (χ1v) is 7.23. The van der Waals surface area contributed by atoms with Crippen LogP contribution in [0, 0.1) is 5.82 Å². The first-order chi connectivity index (χ1) is 11.4. The van der Waals surface area contributed by atoms with Crippen molar-refractivity contribution in [3.63, 3.8) is 0 Å². The number of hydrogen-bond acceptors (Lipinski definition) is 5. The summed E-state index contributed by atoms with van der Waals surface area (Å²) in [5, 5.41) is 24.5. The molecule has 0 aliphatic heterocycles. The van der Waals surface area contributed by atoms with Gasteiger partial charge < -0.3 is 15.7 Å². The molecule has 0 spiro atoms. The average molecular weight is 336 g/mol. The Labute approximate surface area is 136 Å². The van der Waals surface area contributed by atoms with Crippen molar-refractivity contribution in [3.8, 4) is 11.4 Å². The number of nitrogens with one attached hydrogen (secondary N) is 2. The zero-order valence-electron chi connectivity index (χ0n) is 13.2. The number of aliphatic carboxylic acids is 1. The second-order valence-corrected chi connectivity index (χ2v) is 5.26. The molecule has 0 aliphatic rings. The first kappa shape index (κ1) is 17.3. The van der Waals surface area contributed by atoms with Crippen molar-refractivity contribution < 1.29 is 19.1 Å².